The predicted octanol–water partition coefficient (Wildman–Crippen LogP) is 1.25. The summed E-state index contributed by atoms with van der Waals surface area (Å²) in [6, 6.07) is 6.94. The van der Waals surface area contributed by atoms with Crippen LogP contribution in [-0.4, -0.2) is 42.3 Å². The van der Waals surface area contributed by atoms with Crippen LogP contribution in [0.5, 0.6) is 5.75 Å². The Morgan fingerprint density at radius 2 is 2.08 bits per heavy atom. The maximum absolute atomic E-state index is 12.4. The van der Waals surface area contributed by atoms with E-state index in [0.717, 1.165) is 24.2 Å². The van der Waals surface area contributed by atoms with Gasteiger partial charge in [-0.25, -0.2) is 0 Å². The number of esters is 1. The maximum Gasteiger partial charge on any atom is 0.308 e. The molecule has 132 valence electrons. The molecule has 25 heavy (non-hydrogen) atoms. The highest BCUT2D eigenvalue weighted by Crippen LogP contribution is 2.19. The maximum atomic E-state index is 12.4. The Bertz CT molecular complexity index is 755. The number of nitrogens with one attached hydrogen (secondary N) is 3. The summed E-state index contributed by atoms with van der Waals surface area (Å²) in [7, 11) is 1.34. The standard InChI is InChI=1S/C17H20N4O4/c1-24-15(22)7-9-25-12-4-2-11(3-5-12)19-17(23)16-13-10-18-8-6-14(13)20-21-16/h2-5,18H,6-10H2,1H3,(H,19,23)(H,20,21). The fourth-order valence-corrected chi connectivity index (χ4v) is 2.59. The number of hydrogen-bond acceptors (Lipinski definition) is 6. The van der Waals surface area contributed by atoms with Crippen LogP contribution in [-0.2, 0) is 22.5 Å². The van der Waals surface area contributed by atoms with E-state index in [1.54, 1.807) is 24.3 Å². The van der Waals surface area contributed by atoms with Gasteiger partial charge in [0.25, 0.3) is 5.91 Å². The number of carbonyl (C=O) groups excluding carboxylic acids is 2. The normalized spacial score (nSPS) is 13.0. The molecular weight excluding hydrogens is 324 g/mol. The van der Waals surface area contributed by atoms with Crippen molar-refractivity contribution in [1.82, 2.24) is 15.5 Å². The largest absolute Gasteiger partial charge is 0.493 e. The van der Waals surface area contributed by atoms with Crippen LogP contribution >= 0.6 is 0 Å². The van der Waals surface area contributed by atoms with E-state index in [9.17, 15) is 9.59 Å². The minimum atomic E-state index is -0.319. The molecule has 8 nitrogen and oxygen atoms in total. The second kappa shape index (κ2) is 7.80. The van der Waals surface area contributed by atoms with Gasteiger partial charge in [0.2, 0.25) is 0 Å². The molecule has 0 atom stereocenters. The van der Waals surface area contributed by atoms with Crippen molar-refractivity contribution in [1.29, 1.82) is 0 Å². The zero-order chi connectivity index (χ0) is 17.6. The van der Waals surface area contributed by atoms with Gasteiger partial charge in [-0.1, -0.05) is 0 Å². The molecule has 0 spiro atoms. The molecule has 0 saturated carbocycles. The van der Waals surface area contributed by atoms with Crippen LogP contribution in [0.4, 0.5) is 5.69 Å². The molecule has 1 amide bonds. The number of aromatic nitrogens is 2. The smallest absolute Gasteiger partial charge is 0.308 e. The number of hydrogen-bond donors (Lipinski definition) is 3. The molecule has 1 aliphatic rings. The highest BCUT2D eigenvalue weighted by molar-refractivity contribution is 6.04. The SMILES string of the molecule is COC(=O)CCOc1ccc(NC(=O)c2n[nH]c3c2CNCC3)cc1. The Morgan fingerprint density at radius 3 is 2.84 bits per heavy atom. The summed E-state index contributed by atoms with van der Waals surface area (Å²) in [5.41, 5.74) is 3.00. The Labute approximate surface area is 144 Å². The molecule has 1 aromatic carbocycles. The van der Waals surface area contributed by atoms with Crippen LogP contribution < -0.4 is 15.4 Å². The Kier molecular flexibility index (Phi) is 5.30. The monoisotopic (exact) mass is 344 g/mol. The molecule has 0 bridgehead atoms. The first-order chi connectivity index (χ1) is 12.2. The predicted molar refractivity (Wildman–Crippen MR) is 90.5 cm³/mol. The Morgan fingerprint density at radius 1 is 1.28 bits per heavy atom. The number of aromatic amines is 1. The number of amides is 1. The van der Waals surface area contributed by atoms with Crippen molar-refractivity contribution in [2.24, 2.45) is 0 Å². The summed E-state index contributed by atoms with van der Waals surface area (Å²) in [6.07, 6.45) is 1.03. The quantitative estimate of drug-likeness (QED) is 0.681. The van der Waals surface area contributed by atoms with Gasteiger partial charge in [-0.15, -0.1) is 0 Å². The number of anilines is 1. The summed E-state index contributed by atoms with van der Waals surface area (Å²) in [5.74, 6) is 0.0459. The van der Waals surface area contributed by atoms with Gasteiger partial charge in [-0.3, -0.25) is 14.7 Å². The highest BCUT2D eigenvalue weighted by atomic mass is 16.5. The molecular formula is C17H20N4O4. The molecule has 0 aliphatic carbocycles. The summed E-state index contributed by atoms with van der Waals surface area (Å²) < 4.78 is 9.99. The number of methoxy groups -OCH3 is 1. The molecule has 0 radical (unpaired) electrons. The summed E-state index contributed by atoms with van der Waals surface area (Å²) in [4.78, 5) is 23.4. The fraction of sp³-hybridized carbons (Fsp3) is 0.353. The van der Waals surface area contributed by atoms with E-state index in [-0.39, 0.29) is 24.9 Å². The van der Waals surface area contributed by atoms with E-state index in [0.29, 0.717) is 23.7 Å². The molecule has 0 unspecified atom stereocenters. The number of fused-ring (bicyclic) bond motifs is 1. The topological polar surface area (TPSA) is 105 Å². The van der Waals surface area contributed by atoms with Crippen molar-refractivity contribution in [3.63, 3.8) is 0 Å². The van der Waals surface area contributed by atoms with Crippen molar-refractivity contribution in [2.75, 3.05) is 25.6 Å². The van der Waals surface area contributed by atoms with Crippen molar-refractivity contribution in [3.8, 4) is 5.75 Å². The van der Waals surface area contributed by atoms with E-state index in [1.807, 2.05) is 0 Å². The average Bonchev–Trinajstić information content (AvgIpc) is 3.07. The lowest BCUT2D eigenvalue weighted by atomic mass is 10.1. The van der Waals surface area contributed by atoms with Crippen molar-refractivity contribution < 1.29 is 19.1 Å². The number of rotatable bonds is 6. The number of H-pyrrole nitrogens is 1. The van der Waals surface area contributed by atoms with Crippen LogP contribution in [0.1, 0.15) is 28.2 Å². The van der Waals surface area contributed by atoms with Crippen molar-refractivity contribution >= 4 is 17.6 Å². The van der Waals surface area contributed by atoms with E-state index in [1.165, 1.54) is 7.11 Å². The lowest BCUT2D eigenvalue weighted by Gasteiger charge is -2.13. The molecule has 1 aliphatic heterocycles. The van der Waals surface area contributed by atoms with Crippen LogP contribution in [0.25, 0.3) is 0 Å². The zero-order valence-corrected chi connectivity index (χ0v) is 13.9. The van der Waals surface area contributed by atoms with Gasteiger partial charge in [0, 0.05) is 36.5 Å². The molecule has 0 saturated heterocycles. The second-order valence-electron chi connectivity index (χ2n) is 5.61. The van der Waals surface area contributed by atoms with Gasteiger partial charge in [-0.05, 0) is 24.3 Å². The minimum Gasteiger partial charge on any atom is -0.493 e. The number of nitrogens with zero attached hydrogens (tertiary/aromatic N) is 1. The summed E-state index contributed by atoms with van der Waals surface area (Å²) in [6.45, 7) is 1.76. The summed E-state index contributed by atoms with van der Waals surface area (Å²) in [5, 5.41) is 13.1. The lowest BCUT2D eigenvalue weighted by Crippen LogP contribution is -2.25. The lowest BCUT2D eigenvalue weighted by molar-refractivity contribution is -0.141. The molecule has 0 fully saturated rings. The van der Waals surface area contributed by atoms with Crippen molar-refractivity contribution in [2.45, 2.75) is 19.4 Å². The summed E-state index contributed by atoms with van der Waals surface area (Å²) >= 11 is 0. The Balaban J connectivity index is 1.57. The third-order valence-electron chi connectivity index (χ3n) is 3.94. The fourth-order valence-electron chi connectivity index (χ4n) is 2.59. The van der Waals surface area contributed by atoms with E-state index in [2.05, 4.69) is 25.6 Å². The molecule has 3 N–H and O–H groups in total. The van der Waals surface area contributed by atoms with Gasteiger partial charge < -0.3 is 20.1 Å². The third kappa shape index (κ3) is 4.16. The van der Waals surface area contributed by atoms with E-state index < -0.39 is 0 Å². The first kappa shape index (κ1) is 17.0. The third-order valence-corrected chi connectivity index (χ3v) is 3.94. The molecule has 2 aromatic rings. The molecule has 8 heteroatoms. The van der Waals surface area contributed by atoms with Gasteiger partial charge >= 0.3 is 5.97 Å². The molecule has 1 aromatic heterocycles. The van der Waals surface area contributed by atoms with Gasteiger partial charge in [0.1, 0.15) is 5.75 Å². The number of benzene rings is 1. The van der Waals surface area contributed by atoms with Crippen LogP contribution in [0.15, 0.2) is 24.3 Å². The van der Waals surface area contributed by atoms with Crippen LogP contribution in [0, 0.1) is 0 Å². The van der Waals surface area contributed by atoms with Crippen LogP contribution in [0.3, 0.4) is 0 Å². The zero-order valence-electron chi connectivity index (χ0n) is 13.9. The first-order valence-corrected chi connectivity index (χ1v) is 8.05. The van der Waals surface area contributed by atoms with E-state index in [4.69, 9.17) is 4.74 Å². The highest BCUT2D eigenvalue weighted by Gasteiger charge is 2.21. The first-order valence-electron chi connectivity index (χ1n) is 8.05. The van der Waals surface area contributed by atoms with Gasteiger partial charge in [0.15, 0.2) is 5.69 Å². The van der Waals surface area contributed by atoms with Gasteiger partial charge in [0.05, 0.1) is 20.1 Å². The van der Waals surface area contributed by atoms with E-state index >= 15 is 0 Å². The van der Waals surface area contributed by atoms with Crippen molar-refractivity contribution in [3.05, 3.63) is 41.2 Å². The number of ether oxygens (including phenoxy) is 2. The average molecular weight is 344 g/mol. The second-order valence-corrected chi connectivity index (χ2v) is 5.61. The molecule has 2 heterocycles. The van der Waals surface area contributed by atoms with Gasteiger partial charge in [-0.2, -0.15) is 5.10 Å². The van der Waals surface area contributed by atoms with Crippen LogP contribution in [0.2, 0.25) is 0 Å². The number of carbonyl (C=O) groups is 2. The minimum absolute atomic E-state index is 0.188. The Hall–Kier alpha value is -2.87. The molecule has 3 rings (SSSR count).